The first-order valence-electron chi connectivity index (χ1n) is 16.9. The highest BCUT2D eigenvalue weighted by Gasteiger charge is 2.48. The summed E-state index contributed by atoms with van der Waals surface area (Å²) in [5.74, 6) is -0.831. The smallest absolute Gasteiger partial charge is 0.471 e. The van der Waals surface area contributed by atoms with Crippen molar-refractivity contribution < 1.29 is 51.5 Å². The SMILES string of the molecule is COc1ccc(C(OC[C@H]2O[C@@H](n3ccc(=O)[nH]c3=O)[C@H](OCOCC(C)(C)CNC(=O)C(F)(F)F)[C@@H]2O)(c2ccccc2)c2ccc(OC)cc2)cc1. The summed E-state index contributed by atoms with van der Waals surface area (Å²) in [7, 11) is 3.12. The molecule has 4 atom stereocenters. The summed E-state index contributed by atoms with van der Waals surface area (Å²) >= 11 is 0. The number of methoxy groups -OCH3 is 2. The third kappa shape index (κ3) is 9.19. The molecular formula is C38H42F3N3O10. The molecule has 0 bridgehead atoms. The van der Waals surface area contributed by atoms with Crippen LogP contribution < -0.4 is 26.0 Å². The number of nitrogens with one attached hydrogen (secondary N) is 2. The Morgan fingerprint density at radius 3 is 2.00 bits per heavy atom. The fourth-order valence-electron chi connectivity index (χ4n) is 6.08. The van der Waals surface area contributed by atoms with Gasteiger partial charge in [-0.1, -0.05) is 68.4 Å². The number of hydrogen-bond donors (Lipinski definition) is 3. The number of carbonyl (C=O) groups excluding carboxylic acids is 1. The number of halogens is 3. The number of aromatic amines is 1. The van der Waals surface area contributed by atoms with Crippen LogP contribution in [-0.4, -0.2) is 85.8 Å². The Morgan fingerprint density at radius 1 is 0.889 bits per heavy atom. The van der Waals surface area contributed by atoms with Crippen LogP contribution >= 0.6 is 0 Å². The lowest BCUT2D eigenvalue weighted by molar-refractivity contribution is -0.174. The first kappa shape index (κ1) is 40.2. The zero-order valence-electron chi connectivity index (χ0n) is 30.0. The maximum Gasteiger partial charge on any atom is 0.471 e. The molecule has 0 unspecified atom stereocenters. The Bertz CT molecular complexity index is 1900. The molecule has 1 aromatic heterocycles. The molecule has 1 amide bonds. The van der Waals surface area contributed by atoms with Crippen molar-refractivity contribution in [3.63, 3.8) is 0 Å². The zero-order chi connectivity index (χ0) is 39.1. The monoisotopic (exact) mass is 757 g/mol. The van der Waals surface area contributed by atoms with Crippen LogP contribution in [0.15, 0.2) is 101 Å². The highest BCUT2D eigenvalue weighted by molar-refractivity contribution is 5.81. The van der Waals surface area contributed by atoms with Gasteiger partial charge in [0.15, 0.2) is 6.23 Å². The van der Waals surface area contributed by atoms with Crippen LogP contribution in [0.2, 0.25) is 0 Å². The lowest BCUT2D eigenvalue weighted by Crippen LogP contribution is -2.43. The van der Waals surface area contributed by atoms with E-state index in [2.05, 4.69) is 4.98 Å². The summed E-state index contributed by atoms with van der Waals surface area (Å²) < 4.78 is 74.6. The number of aromatic nitrogens is 2. The van der Waals surface area contributed by atoms with Gasteiger partial charge in [-0.25, -0.2) is 4.79 Å². The van der Waals surface area contributed by atoms with Crippen LogP contribution in [0, 0.1) is 5.41 Å². The molecule has 5 rings (SSSR count). The quantitative estimate of drug-likeness (QED) is 0.0870. The average molecular weight is 758 g/mol. The van der Waals surface area contributed by atoms with E-state index >= 15 is 0 Å². The van der Waals surface area contributed by atoms with E-state index in [1.807, 2.05) is 59.9 Å². The second kappa shape index (κ2) is 17.0. The Balaban J connectivity index is 1.43. The molecule has 13 nitrogen and oxygen atoms in total. The van der Waals surface area contributed by atoms with Crippen LogP contribution in [-0.2, 0) is 29.3 Å². The van der Waals surface area contributed by atoms with E-state index in [-0.39, 0.29) is 19.8 Å². The van der Waals surface area contributed by atoms with E-state index in [1.54, 1.807) is 52.3 Å². The van der Waals surface area contributed by atoms with Gasteiger partial charge in [-0.05, 0) is 41.0 Å². The van der Waals surface area contributed by atoms with Crippen molar-refractivity contribution in [2.75, 3.05) is 40.8 Å². The number of H-pyrrole nitrogens is 1. The summed E-state index contributed by atoms with van der Waals surface area (Å²) in [5.41, 5.74) is -1.51. The number of nitrogens with zero attached hydrogens (tertiary/aromatic N) is 1. The first-order chi connectivity index (χ1) is 25.7. The number of alkyl halides is 3. The summed E-state index contributed by atoms with van der Waals surface area (Å²) in [4.78, 5) is 38.3. The third-order valence-corrected chi connectivity index (χ3v) is 8.90. The van der Waals surface area contributed by atoms with Gasteiger partial charge in [0.2, 0.25) is 0 Å². The number of benzene rings is 3. The molecule has 290 valence electrons. The van der Waals surface area contributed by atoms with E-state index in [4.69, 9.17) is 28.4 Å². The average Bonchev–Trinajstić information content (AvgIpc) is 3.47. The first-order valence-corrected chi connectivity index (χ1v) is 16.9. The van der Waals surface area contributed by atoms with Gasteiger partial charge in [0, 0.05) is 24.2 Å². The predicted molar refractivity (Wildman–Crippen MR) is 188 cm³/mol. The highest BCUT2D eigenvalue weighted by atomic mass is 19.4. The van der Waals surface area contributed by atoms with Crippen LogP contribution in [0.5, 0.6) is 11.5 Å². The standard InChI is InChI=1S/C38H42F3N3O10/c1-36(2,21-42-34(47)38(39,40)41)22-51-23-52-32-31(46)29(54-33(32)44-19-18-30(45)43-35(44)48)20-53-37(24-8-6-5-7-9-24,25-10-14-27(49-3)15-11-25)26-12-16-28(50-4)17-13-26/h5-19,29,31-33,46H,20-23H2,1-4H3,(H,42,47)(H,43,45,48)/t29-,31-,32-,33-/m1/s1. The molecule has 3 N–H and O–H groups in total. The van der Waals surface area contributed by atoms with Crippen molar-refractivity contribution in [2.24, 2.45) is 5.41 Å². The van der Waals surface area contributed by atoms with Crippen molar-refractivity contribution >= 4 is 5.91 Å². The van der Waals surface area contributed by atoms with Gasteiger partial charge in [0.25, 0.3) is 5.56 Å². The molecule has 4 aromatic rings. The molecule has 1 saturated heterocycles. The topological polar surface area (TPSA) is 160 Å². The predicted octanol–water partition coefficient (Wildman–Crippen LogP) is 3.88. The van der Waals surface area contributed by atoms with Gasteiger partial charge in [-0.15, -0.1) is 0 Å². The van der Waals surface area contributed by atoms with E-state index in [9.17, 15) is 32.7 Å². The Hall–Kier alpha value is -5.00. The fraction of sp³-hybridized carbons (Fsp3) is 0.395. The van der Waals surface area contributed by atoms with Crippen LogP contribution in [0.25, 0.3) is 0 Å². The minimum Gasteiger partial charge on any atom is -0.497 e. The molecule has 1 aliphatic heterocycles. The number of ether oxygens (including phenoxy) is 6. The third-order valence-electron chi connectivity index (χ3n) is 8.90. The van der Waals surface area contributed by atoms with Gasteiger partial charge in [0.05, 0.1) is 27.4 Å². The van der Waals surface area contributed by atoms with Crippen LogP contribution in [0.3, 0.4) is 0 Å². The lowest BCUT2D eigenvalue weighted by atomic mass is 9.80. The molecule has 1 aliphatic rings. The molecule has 0 radical (unpaired) electrons. The van der Waals surface area contributed by atoms with E-state index in [0.717, 1.165) is 27.3 Å². The molecule has 0 saturated carbocycles. The summed E-state index contributed by atoms with van der Waals surface area (Å²) in [6.45, 7) is 1.95. The molecular weight excluding hydrogens is 715 g/mol. The minimum absolute atomic E-state index is 0.145. The van der Waals surface area contributed by atoms with Crippen LogP contribution in [0.1, 0.15) is 36.8 Å². The maximum absolute atomic E-state index is 12.9. The number of rotatable bonds is 16. The van der Waals surface area contributed by atoms with Gasteiger partial charge in [0.1, 0.15) is 42.2 Å². The zero-order valence-corrected chi connectivity index (χ0v) is 30.0. The summed E-state index contributed by atoms with van der Waals surface area (Å²) in [6, 6.07) is 25.2. The van der Waals surface area contributed by atoms with Gasteiger partial charge < -0.3 is 38.8 Å². The van der Waals surface area contributed by atoms with Crippen molar-refractivity contribution in [3.8, 4) is 11.5 Å². The molecule has 2 heterocycles. The number of hydrogen-bond acceptors (Lipinski definition) is 10. The minimum atomic E-state index is -5.03. The highest BCUT2D eigenvalue weighted by Crippen LogP contribution is 2.43. The number of aliphatic hydroxyl groups excluding tert-OH is 1. The summed E-state index contributed by atoms with van der Waals surface area (Å²) in [5, 5.41) is 13.5. The van der Waals surface area contributed by atoms with E-state index < -0.39 is 65.7 Å². The summed E-state index contributed by atoms with van der Waals surface area (Å²) in [6.07, 6.45) is -8.87. The van der Waals surface area contributed by atoms with Crippen molar-refractivity contribution in [2.45, 2.75) is 50.2 Å². The Kier molecular flexibility index (Phi) is 12.6. The maximum atomic E-state index is 12.9. The van der Waals surface area contributed by atoms with Crippen molar-refractivity contribution in [1.29, 1.82) is 0 Å². The van der Waals surface area contributed by atoms with Gasteiger partial charge in [-0.3, -0.25) is 19.1 Å². The van der Waals surface area contributed by atoms with E-state index in [1.165, 1.54) is 6.20 Å². The molecule has 0 aliphatic carbocycles. The second-order valence-electron chi connectivity index (χ2n) is 13.3. The van der Waals surface area contributed by atoms with E-state index in [0.29, 0.717) is 11.5 Å². The molecule has 16 heteroatoms. The number of aliphatic hydroxyl groups is 1. The molecule has 3 aromatic carbocycles. The fourth-order valence-corrected chi connectivity index (χ4v) is 6.08. The Labute approximate surface area is 308 Å². The second-order valence-corrected chi connectivity index (χ2v) is 13.3. The van der Waals surface area contributed by atoms with Crippen LogP contribution in [0.4, 0.5) is 13.2 Å². The lowest BCUT2D eigenvalue weighted by Gasteiger charge is -2.37. The van der Waals surface area contributed by atoms with Crippen molar-refractivity contribution in [3.05, 3.63) is 129 Å². The molecule has 1 fully saturated rings. The normalized spacial score (nSPS) is 19.0. The Morgan fingerprint density at radius 2 is 1.46 bits per heavy atom. The number of amides is 1. The van der Waals surface area contributed by atoms with Gasteiger partial charge in [-0.2, -0.15) is 13.2 Å². The molecule has 54 heavy (non-hydrogen) atoms. The largest absolute Gasteiger partial charge is 0.497 e. The van der Waals surface area contributed by atoms with Gasteiger partial charge >= 0.3 is 17.8 Å². The molecule has 0 spiro atoms. The van der Waals surface area contributed by atoms with Crippen molar-refractivity contribution in [1.82, 2.24) is 14.9 Å². The number of carbonyl (C=O) groups is 1.